The zero-order valence-electron chi connectivity index (χ0n) is 15.7. The molecule has 0 aliphatic carbocycles. The van der Waals surface area contributed by atoms with Crippen LogP contribution in [0.3, 0.4) is 0 Å². The molecule has 0 aliphatic heterocycles. The highest BCUT2D eigenvalue weighted by molar-refractivity contribution is 5.83. The Hall–Kier alpha value is -0.330. The maximum atomic E-state index is 11.8. The van der Waals surface area contributed by atoms with Crippen LogP contribution in [0.4, 0.5) is 0 Å². The molecule has 1 heteroatoms. The first-order chi connectivity index (χ1) is 9.63. The number of carbonyl (C=O) groups excluding carboxylic acids is 1. The highest BCUT2D eigenvalue weighted by Crippen LogP contribution is 2.23. The van der Waals surface area contributed by atoms with Crippen LogP contribution in [0.2, 0.25) is 0 Å². The molecule has 0 aliphatic rings. The molecule has 0 saturated heterocycles. The Bertz CT molecular complexity index is 265. The van der Waals surface area contributed by atoms with E-state index >= 15 is 0 Å². The van der Waals surface area contributed by atoms with Gasteiger partial charge in [0.25, 0.3) is 0 Å². The monoisotopic (exact) mass is 296 g/mol. The number of ketones is 1. The minimum atomic E-state index is -0.146. The van der Waals surface area contributed by atoms with Crippen LogP contribution in [0, 0.1) is 10.8 Å². The topological polar surface area (TPSA) is 17.1 Å². The van der Waals surface area contributed by atoms with Crippen molar-refractivity contribution in [2.75, 3.05) is 0 Å². The summed E-state index contributed by atoms with van der Waals surface area (Å²) in [6, 6.07) is 0. The number of carbonyl (C=O) groups is 1. The lowest BCUT2D eigenvalue weighted by molar-refractivity contribution is -0.126. The maximum Gasteiger partial charge on any atom is 0.138 e. The van der Waals surface area contributed by atoms with Crippen LogP contribution in [0.25, 0.3) is 0 Å². The second-order valence-corrected chi connectivity index (χ2v) is 8.92. The quantitative estimate of drug-likeness (QED) is 0.377. The molecule has 0 rings (SSSR count). The van der Waals surface area contributed by atoms with Gasteiger partial charge in [0.2, 0.25) is 0 Å². The van der Waals surface area contributed by atoms with Crippen molar-refractivity contribution in [3.8, 4) is 0 Å². The number of hydrogen-bond donors (Lipinski definition) is 0. The Morgan fingerprint density at radius 1 is 0.619 bits per heavy atom. The molecule has 0 aromatic carbocycles. The lowest BCUT2D eigenvalue weighted by atomic mass is 9.87. The summed E-state index contributed by atoms with van der Waals surface area (Å²) in [6.45, 7) is 13.1. The van der Waals surface area contributed by atoms with Crippen LogP contribution in [0.1, 0.15) is 112 Å². The lowest BCUT2D eigenvalue weighted by Gasteiger charge is -2.17. The van der Waals surface area contributed by atoms with Crippen LogP contribution in [-0.4, -0.2) is 5.78 Å². The van der Waals surface area contributed by atoms with E-state index in [4.69, 9.17) is 0 Å². The van der Waals surface area contributed by atoms with Gasteiger partial charge in [-0.25, -0.2) is 0 Å². The Labute approximate surface area is 134 Å². The average molecular weight is 297 g/mol. The predicted octanol–water partition coefficient (Wildman–Crippen LogP) is 6.94. The van der Waals surface area contributed by atoms with Crippen LogP contribution < -0.4 is 0 Å². The zero-order valence-corrected chi connectivity index (χ0v) is 15.7. The average Bonchev–Trinajstić information content (AvgIpc) is 2.33. The second-order valence-electron chi connectivity index (χ2n) is 8.92. The van der Waals surface area contributed by atoms with E-state index in [9.17, 15) is 4.79 Å². The number of Topliss-reactive ketones (excluding diaryl/α,β-unsaturated/α-hetero) is 1. The summed E-state index contributed by atoms with van der Waals surface area (Å²) in [7, 11) is 0. The summed E-state index contributed by atoms with van der Waals surface area (Å²) in [4.78, 5) is 11.8. The maximum absolute atomic E-state index is 11.8. The normalized spacial score (nSPS) is 12.7. The summed E-state index contributed by atoms with van der Waals surface area (Å²) in [6.07, 6.45) is 14.1. The van der Waals surface area contributed by atoms with Gasteiger partial charge in [0.05, 0.1) is 0 Å². The van der Waals surface area contributed by atoms with Crippen molar-refractivity contribution in [1.29, 1.82) is 0 Å². The minimum Gasteiger partial charge on any atom is -0.299 e. The van der Waals surface area contributed by atoms with Crippen molar-refractivity contribution in [2.24, 2.45) is 10.8 Å². The van der Waals surface area contributed by atoms with E-state index in [1.807, 2.05) is 20.8 Å². The van der Waals surface area contributed by atoms with Gasteiger partial charge in [0, 0.05) is 11.8 Å². The lowest BCUT2D eigenvalue weighted by Crippen LogP contribution is -2.19. The Balaban J connectivity index is 3.25. The number of rotatable bonds is 11. The molecule has 126 valence electrons. The molecule has 0 atom stereocenters. The molecule has 0 bridgehead atoms. The molecule has 0 spiro atoms. The van der Waals surface area contributed by atoms with Gasteiger partial charge in [-0.05, 0) is 18.3 Å². The standard InChI is InChI=1S/C20H40O/c1-19(2,3)17-15-13-11-9-7-8-10-12-14-16-18(21)20(4,5)6/h7-17H2,1-6H3. The van der Waals surface area contributed by atoms with E-state index < -0.39 is 0 Å². The van der Waals surface area contributed by atoms with E-state index in [-0.39, 0.29) is 5.41 Å². The van der Waals surface area contributed by atoms with Gasteiger partial charge in [0.1, 0.15) is 5.78 Å². The van der Waals surface area contributed by atoms with E-state index in [0.717, 1.165) is 12.8 Å². The van der Waals surface area contributed by atoms with Crippen LogP contribution in [-0.2, 0) is 4.79 Å². The summed E-state index contributed by atoms with van der Waals surface area (Å²) < 4.78 is 0. The molecule has 21 heavy (non-hydrogen) atoms. The number of unbranched alkanes of at least 4 members (excludes halogenated alkanes) is 8. The molecule has 0 radical (unpaired) electrons. The van der Waals surface area contributed by atoms with Gasteiger partial charge in [-0.3, -0.25) is 4.79 Å². The van der Waals surface area contributed by atoms with Crippen LogP contribution >= 0.6 is 0 Å². The molecule has 1 nitrogen and oxygen atoms in total. The van der Waals surface area contributed by atoms with E-state index in [2.05, 4.69) is 20.8 Å². The molecular weight excluding hydrogens is 256 g/mol. The van der Waals surface area contributed by atoms with Gasteiger partial charge in [-0.15, -0.1) is 0 Å². The van der Waals surface area contributed by atoms with Crippen molar-refractivity contribution in [3.05, 3.63) is 0 Å². The molecule has 0 unspecified atom stereocenters. The molecule has 0 aromatic heterocycles. The SMILES string of the molecule is CC(C)(C)CCCCCCCCCCCC(=O)C(C)(C)C. The van der Waals surface area contributed by atoms with E-state index in [1.165, 1.54) is 57.8 Å². The minimum absolute atomic E-state index is 0.146. The molecular formula is C20H40O. The Morgan fingerprint density at radius 2 is 1.00 bits per heavy atom. The molecule has 0 N–H and O–H groups in total. The smallest absolute Gasteiger partial charge is 0.138 e. The van der Waals surface area contributed by atoms with Gasteiger partial charge < -0.3 is 0 Å². The summed E-state index contributed by atoms with van der Waals surface area (Å²) in [5.41, 5.74) is 0.359. The van der Waals surface area contributed by atoms with E-state index in [0.29, 0.717) is 11.2 Å². The van der Waals surface area contributed by atoms with Crippen molar-refractivity contribution in [1.82, 2.24) is 0 Å². The summed E-state index contributed by atoms with van der Waals surface area (Å²) in [5.74, 6) is 0.418. The van der Waals surface area contributed by atoms with Crippen molar-refractivity contribution >= 4 is 5.78 Å². The molecule has 0 heterocycles. The van der Waals surface area contributed by atoms with Crippen LogP contribution in [0.5, 0.6) is 0 Å². The van der Waals surface area contributed by atoms with Gasteiger partial charge in [-0.2, -0.15) is 0 Å². The fraction of sp³-hybridized carbons (Fsp3) is 0.950. The molecule has 0 aromatic rings. The highest BCUT2D eigenvalue weighted by Gasteiger charge is 2.19. The van der Waals surface area contributed by atoms with E-state index in [1.54, 1.807) is 0 Å². The Morgan fingerprint density at radius 3 is 1.38 bits per heavy atom. The zero-order chi connectivity index (χ0) is 16.4. The van der Waals surface area contributed by atoms with Crippen molar-refractivity contribution in [3.63, 3.8) is 0 Å². The first-order valence-electron chi connectivity index (χ1n) is 9.16. The van der Waals surface area contributed by atoms with Crippen molar-refractivity contribution < 1.29 is 4.79 Å². The third kappa shape index (κ3) is 14.4. The van der Waals surface area contributed by atoms with Crippen molar-refractivity contribution in [2.45, 2.75) is 112 Å². The van der Waals surface area contributed by atoms with Crippen LogP contribution in [0.15, 0.2) is 0 Å². The molecule has 0 amide bonds. The fourth-order valence-electron chi connectivity index (χ4n) is 2.55. The molecule has 0 fully saturated rings. The van der Waals surface area contributed by atoms with Gasteiger partial charge in [0.15, 0.2) is 0 Å². The fourth-order valence-corrected chi connectivity index (χ4v) is 2.55. The highest BCUT2D eigenvalue weighted by atomic mass is 16.1. The third-order valence-electron chi connectivity index (χ3n) is 4.17. The number of hydrogen-bond acceptors (Lipinski definition) is 1. The first-order valence-corrected chi connectivity index (χ1v) is 9.16. The summed E-state index contributed by atoms with van der Waals surface area (Å²) >= 11 is 0. The first kappa shape index (κ1) is 20.7. The second kappa shape index (κ2) is 10.4. The Kier molecular flexibility index (Phi) is 10.2. The van der Waals surface area contributed by atoms with Gasteiger partial charge >= 0.3 is 0 Å². The summed E-state index contributed by atoms with van der Waals surface area (Å²) in [5, 5.41) is 0. The predicted molar refractivity (Wildman–Crippen MR) is 94.7 cm³/mol. The molecule has 0 saturated carbocycles. The third-order valence-corrected chi connectivity index (χ3v) is 4.17. The van der Waals surface area contributed by atoms with Gasteiger partial charge in [-0.1, -0.05) is 92.9 Å². The largest absolute Gasteiger partial charge is 0.299 e.